The summed E-state index contributed by atoms with van der Waals surface area (Å²) in [6.07, 6.45) is 0. The highest BCUT2D eigenvalue weighted by atomic mass is 16.5. The molecule has 4 nitrogen and oxygen atoms in total. The Labute approximate surface area is 148 Å². The lowest BCUT2D eigenvalue weighted by Crippen LogP contribution is -1.95. The van der Waals surface area contributed by atoms with Crippen LogP contribution in [-0.2, 0) is 0 Å². The summed E-state index contributed by atoms with van der Waals surface area (Å²) in [5.74, 6) is 3.27. The van der Waals surface area contributed by atoms with Gasteiger partial charge in [-0.15, -0.1) is 0 Å². The Morgan fingerprint density at radius 1 is 0.640 bits per heavy atom. The van der Waals surface area contributed by atoms with E-state index in [0.717, 1.165) is 22.8 Å². The molecule has 0 bridgehead atoms. The monoisotopic (exact) mass is 334 g/mol. The number of rotatable bonds is 5. The summed E-state index contributed by atoms with van der Waals surface area (Å²) in [7, 11) is 0. The number of ether oxygens (including phenoxy) is 2. The molecule has 0 unspecified atom stereocenters. The standard InChI is InChI=1S/C21H22N2O2/c1-14(2)20-12-11-19(24-17-7-3-15(22)4-8-17)13-21(20)25-18-9-5-16(23)6-10-18/h3-14H,22-23H2,1-2H3. The quantitative estimate of drug-likeness (QED) is 0.599. The van der Waals surface area contributed by atoms with Gasteiger partial charge in [-0.2, -0.15) is 0 Å². The maximum absolute atomic E-state index is 6.07. The first kappa shape index (κ1) is 16.7. The molecule has 4 N–H and O–H groups in total. The molecule has 0 amide bonds. The van der Waals surface area contributed by atoms with Crippen molar-refractivity contribution in [3.63, 3.8) is 0 Å². The van der Waals surface area contributed by atoms with Crippen molar-refractivity contribution in [3.05, 3.63) is 72.3 Å². The van der Waals surface area contributed by atoms with E-state index in [-0.39, 0.29) is 0 Å². The first-order valence-electron chi connectivity index (χ1n) is 8.22. The first-order valence-corrected chi connectivity index (χ1v) is 8.22. The van der Waals surface area contributed by atoms with Crippen molar-refractivity contribution in [3.8, 4) is 23.0 Å². The van der Waals surface area contributed by atoms with Crippen LogP contribution in [0.1, 0.15) is 25.3 Å². The second-order valence-electron chi connectivity index (χ2n) is 6.20. The summed E-state index contributed by atoms with van der Waals surface area (Å²) in [6, 6.07) is 20.5. The Balaban J connectivity index is 1.88. The second kappa shape index (κ2) is 7.18. The summed E-state index contributed by atoms with van der Waals surface area (Å²) in [6.45, 7) is 4.26. The van der Waals surface area contributed by atoms with E-state index in [1.807, 2.05) is 66.7 Å². The molecular formula is C21H22N2O2. The largest absolute Gasteiger partial charge is 0.457 e. The number of hydrogen-bond donors (Lipinski definition) is 2. The van der Waals surface area contributed by atoms with Crippen LogP contribution < -0.4 is 20.9 Å². The average Bonchev–Trinajstić information content (AvgIpc) is 2.59. The van der Waals surface area contributed by atoms with E-state index in [4.69, 9.17) is 20.9 Å². The van der Waals surface area contributed by atoms with Crippen LogP contribution in [0.2, 0.25) is 0 Å². The van der Waals surface area contributed by atoms with Crippen molar-refractivity contribution >= 4 is 11.4 Å². The minimum Gasteiger partial charge on any atom is -0.457 e. The van der Waals surface area contributed by atoms with Crippen LogP contribution in [0.4, 0.5) is 11.4 Å². The van der Waals surface area contributed by atoms with E-state index in [1.54, 1.807) is 0 Å². The van der Waals surface area contributed by atoms with Gasteiger partial charge in [-0.1, -0.05) is 19.9 Å². The molecule has 0 aliphatic rings. The van der Waals surface area contributed by atoms with Gasteiger partial charge in [-0.25, -0.2) is 0 Å². The molecule has 0 fully saturated rings. The molecule has 0 radical (unpaired) electrons. The van der Waals surface area contributed by atoms with Gasteiger partial charge in [0.2, 0.25) is 0 Å². The molecule has 128 valence electrons. The van der Waals surface area contributed by atoms with Gasteiger partial charge in [0, 0.05) is 17.4 Å². The molecule has 3 rings (SSSR count). The van der Waals surface area contributed by atoms with Crippen molar-refractivity contribution in [2.75, 3.05) is 11.5 Å². The highest BCUT2D eigenvalue weighted by Gasteiger charge is 2.11. The molecule has 3 aromatic rings. The van der Waals surface area contributed by atoms with Crippen LogP contribution in [0.5, 0.6) is 23.0 Å². The first-order chi connectivity index (χ1) is 12.0. The number of nitrogen functional groups attached to an aromatic ring is 2. The van der Waals surface area contributed by atoms with Gasteiger partial charge in [0.15, 0.2) is 0 Å². The third kappa shape index (κ3) is 4.23. The number of benzene rings is 3. The van der Waals surface area contributed by atoms with Crippen molar-refractivity contribution in [2.24, 2.45) is 0 Å². The summed E-state index contributed by atoms with van der Waals surface area (Å²) in [4.78, 5) is 0. The fourth-order valence-corrected chi connectivity index (χ4v) is 2.48. The van der Waals surface area contributed by atoms with E-state index < -0.39 is 0 Å². The van der Waals surface area contributed by atoms with Crippen LogP contribution >= 0.6 is 0 Å². The number of hydrogen-bond acceptors (Lipinski definition) is 4. The minimum absolute atomic E-state index is 0.328. The van der Waals surface area contributed by atoms with Crippen molar-refractivity contribution in [1.29, 1.82) is 0 Å². The summed E-state index contributed by atoms with van der Waals surface area (Å²) in [5, 5.41) is 0. The Kier molecular flexibility index (Phi) is 4.80. The van der Waals surface area contributed by atoms with Gasteiger partial charge < -0.3 is 20.9 Å². The molecule has 0 spiro atoms. The predicted octanol–water partition coefficient (Wildman–Crippen LogP) is 5.56. The zero-order valence-corrected chi connectivity index (χ0v) is 14.4. The predicted molar refractivity (Wildman–Crippen MR) is 102 cm³/mol. The molecule has 0 aliphatic carbocycles. The summed E-state index contributed by atoms with van der Waals surface area (Å²) in [5.41, 5.74) is 14.0. The summed E-state index contributed by atoms with van der Waals surface area (Å²) >= 11 is 0. The molecule has 0 aromatic heterocycles. The van der Waals surface area contributed by atoms with Crippen LogP contribution in [0.25, 0.3) is 0 Å². The molecule has 0 aliphatic heterocycles. The maximum atomic E-state index is 6.07. The van der Waals surface area contributed by atoms with Crippen molar-refractivity contribution < 1.29 is 9.47 Å². The van der Waals surface area contributed by atoms with Gasteiger partial charge >= 0.3 is 0 Å². The lowest BCUT2D eigenvalue weighted by Gasteiger charge is -2.16. The smallest absolute Gasteiger partial charge is 0.134 e. The molecule has 4 heteroatoms. The molecule has 0 heterocycles. The maximum Gasteiger partial charge on any atom is 0.134 e. The fourth-order valence-electron chi connectivity index (χ4n) is 2.48. The van der Waals surface area contributed by atoms with E-state index in [2.05, 4.69) is 13.8 Å². The van der Waals surface area contributed by atoms with Gasteiger partial charge in [0.1, 0.15) is 23.0 Å². The average molecular weight is 334 g/mol. The Hall–Kier alpha value is -3.14. The Morgan fingerprint density at radius 3 is 1.64 bits per heavy atom. The zero-order valence-electron chi connectivity index (χ0n) is 14.4. The molecule has 0 saturated heterocycles. The van der Waals surface area contributed by atoms with Crippen molar-refractivity contribution in [2.45, 2.75) is 19.8 Å². The Morgan fingerprint density at radius 2 is 1.12 bits per heavy atom. The number of nitrogens with two attached hydrogens (primary N) is 2. The fraction of sp³-hybridized carbons (Fsp3) is 0.143. The lowest BCUT2D eigenvalue weighted by atomic mass is 10.0. The van der Waals surface area contributed by atoms with Crippen molar-refractivity contribution in [1.82, 2.24) is 0 Å². The minimum atomic E-state index is 0.328. The third-order valence-corrected chi connectivity index (χ3v) is 3.83. The van der Waals surface area contributed by atoms with Gasteiger partial charge in [0.25, 0.3) is 0 Å². The van der Waals surface area contributed by atoms with E-state index >= 15 is 0 Å². The van der Waals surface area contributed by atoms with Crippen LogP contribution in [-0.4, -0.2) is 0 Å². The van der Waals surface area contributed by atoms with E-state index in [9.17, 15) is 0 Å². The van der Waals surface area contributed by atoms with E-state index in [0.29, 0.717) is 23.0 Å². The topological polar surface area (TPSA) is 70.5 Å². The molecular weight excluding hydrogens is 312 g/mol. The highest BCUT2D eigenvalue weighted by Crippen LogP contribution is 2.35. The Bertz CT molecular complexity index is 841. The zero-order chi connectivity index (χ0) is 17.8. The van der Waals surface area contributed by atoms with Crippen LogP contribution in [0.3, 0.4) is 0 Å². The number of anilines is 2. The molecule has 25 heavy (non-hydrogen) atoms. The highest BCUT2D eigenvalue weighted by molar-refractivity contribution is 5.49. The SMILES string of the molecule is CC(C)c1ccc(Oc2ccc(N)cc2)cc1Oc1ccc(N)cc1. The molecule has 3 aromatic carbocycles. The van der Waals surface area contributed by atoms with Gasteiger partial charge in [-0.05, 0) is 66.1 Å². The van der Waals surface area contributed by atoms with Crippen LogP contribution in [0, 0.1) is 0 Å². The van der Waals surface area contributed by atoms with E-state index in [1.165, 1.54) is 0 Å². The molecule has 0 saturated carbocycles. The second-order valence-corrected chi connectivity index (χ2v) is 6.20. The normalized spacial score (nSPS) is 10.7. The lowest BCUT2D eigenvalue weighted by molar-refractivity contribution is 0.454. The third-order valence-electron chi connectivity index (χ3n) is 3.83. The summed E-state index contributed by atoms with van der Waals surface area (Å²) < 4.78 is 12.0. The van der Waals surface area contributed by atoms with Gasteiger partial charge in [0.05, 0.1) is 0 Å². The van der Waals surface area contributed by atoms with Gasteiger partial charge in [-0.3, -0.25) is 0 Å². The molecule has 0 atom stereocenters. The van der Waals surface area contributed by atoms with Crippen LogP contribution in [0.15, 0.2) is 66.7 Å².